The smallest absolute Gasteiger partial charge is 0.295 e. The van der Waals surface area contributed by atoms with E-state index < -0.39 is 17.7 Å². The van der Waals surface area contributed by atoms with Crippen LogP contribution in [-0.4, -0.2) is 60.4 Å². The number of rotatable bonds is 9. The molecular weight excluding hydrogens is 404 g/mol. The molecule has 0 aromatic heterocycles. The van der Waals surface area contributed by atoms with Gasteiger partial charge in [0.2, 0.25) is 0 Å². The van der Waals surface area contributed by atoms with E-state index in [1.54, 1.807) is 29.2 Å². The van der Waals surface area contributed by atoms with E-state index in [2.05, 4.69) is 6.58 Å². The molecule has 6 heteroatoms. The lowest BCUT2D eigenvalue weighted by Crippen LogP contribution is -2.32. The van der Waals surface area contributed by atoms with Crippen LogP contribution in [0.1, 0.15) is 29.2 Å². The molecule has 168 valence electrons. The van der Waals surface area contributed by atoms with Crippen LogP contribution in [0.5, 0.6) is 5.75 Å². The number of carbonyl (C=O) groups is 2. The number of aryl methyl sites for hydroxylation is 1. The van der Waals surface area contributed by atoms with Crippen molar-refractivity contribution >= 4 is 17.4 Å². The lowest BCUT2D eigenvalue weighted by Gasteiger charge is -2.26. The number of hydrogen-bond acceptors (Lipinski definition) is 5. The van der Waals surface area contributed by atoms with E-state index in [4.69, 9.17) is 4.74 Å². The van der Waals surface area contributed by atoms with Crippen molar-refractivity contribution in [3.05, 3.63) is 83.4 Å². The summed E-state index contributed by atoms with van der Waals surface area (Å²) in [5.74, 6) is -0.826. The predicted octanol–water partition coefficient (Wildman–Crippen LogP) is 3.93. The molecule has 2 aromatic rings. The third-order valence-electron chi connectivity index (χ3n) is 5.41. The standard InChI is InChI=1S/C26H30N2O4/c1-5-16-32-21-9-6-8-20(17-21)23-22(24(29)19-12-10-18(2)11-13-19)25(30)26(31)28(23)15-7-14-27(3)4/h5-6,8-13,17,23,29H,1,7,14-16H2,2-4H3/b24-22-. The van der Waals surface area contributed by atoms with Crippen molar-refractivity contribution in [3.63, 3.8) is 0 Å². The Bertz CT molecular complexity index is 1020. The summed E-state index contributed by atoms with van der Waals surface area (Å²) in [6.45, 7) is 7.13. The number of ether oxygens (including phenoxy) is 1. The molecule has 3 rings (SSSR count). The zero-order valence-electron chi connectivity index (χ0n) is 18.9. The van der Waals surface area contributed by atoms with Gasteiger partial charge in [0.15, 0.2) is 0 Å². The van der Waals surface area contributed by atoms with E-state index in [1.165, 1.54) is 0 Å². The van der Waals surface area contributed by atoms with Crippen LogP contribution >= 0.6 is 0 Å². The SMILES string of the molecule is C=CCOc1cccc(C2/C(=C(/O)c3ccc(C)cc3)C(=O)C(=O)N2CCCN(C)C)c1. The number of amides is 1. The van der Waals surface area contributed by atoms with Crippen LogP contribution in [0.2, 0.25) is 0 Å². The Morgan fingerprint density at radius 2 is 1.91 bits per heavy atom. The van der Waals surface area contributed by atoms with Crippen LogP contribution in [0.4, 0.5) is 0 Å². The number of nitrogens with zero attached hydrogens (tertiary/aromatic N) is 2. The fourth-order valence-electron chi connectivity index (χ4n) is 3.81. The molecule has 0 spiro atoms. The molecule has 1 saturated heterocycles. The lowest BCUT2D eigenvalue weighted by molar-refractivity contribution is -0.139. The van der Waals surface area contributed by atoms with Gasteiger partial charge in [-0.2, -0.15) is 0 Å². The Kier molecular flexibility index (Phi) is 7.49. The molecule has 0 saturated carbocycles. The first-order valence-corrected chi connectivity index (χ1v) is 10.7. The number of carbonyl (C=O) groups excluding carboxylic acids is 2. The van der Waals surface area contributed by atoms with Crippen molar-refractivity contribution in [2.45, 2.75) is 19.4 Å². The summed E-state index contributed by atoms with van der Waals surface area (Å²) in [4.78, 5) is 29.6. The maximum Gasteiger partial charge on any atom is 0.295 e. The number of Topliss-reactive ketones (excluding diaryl/α,β-unsaturated/α-hetero) is 1. The van der Waals surface area contributed by atoms with E-state index in [-0.39, 0.29) is 11.3 Å². The molecule has 0 bridgehead atoms. The lowest BCUT2D eigenvalue weighted by atomic mass is 9.95. The molecule has 1 N–H and O–H groups in total. The van der Waals surface area contributed by atoms with Gasteiger partial charge in [-0.05, 0) is 51.7 Å². The summed E-state index contributed by atoms with van der Waals surface area (Å²) in [5.41, 5.74) is 2.36. The number of aliphatic hydroxyl groups is 1. The highest BCUT2D eigenvalue weighted by Crippen LogP contribution is 2.40. The molecule has 1 unspecified atom stereocenters. The molecule has 1 fully saturated rings. The summed E-state index contributed by atoms with van der Waals surface area (Å²) in [6.07, 6.45) is 2.35. The van der Waals surface area contributed by atoms with Gasteiger partial charge in [-0.25, -0.2) is 0 Å². The van der Waals surface area contributed by atoms with Gasteiger partial charge in [0.25, 0.3) is 11.7 Å². The molecule has 1 atom stereocenters. The predicted molar refractivity (Wildman–Crippen MR) is 125 cm³/mol. The van der Waals surface area contributed by atoms with Gasteiger partial charge in [0.1, 0.15) is 18.1 Å². The fraction of sp³-hybridized carbons (Fsp3) is 0.308. The van der Waals surface area contributed by atoms with Crippen molar-refractivity contribution in [3.8, 4) is 5.75 Å². The number of benzene rings is 2. The first kappa shape index (κ1) is 23.3. The van der Waals surface area contributed by atoms with Crippen molar-refractivity contribution in [2.75, 3.05) is 33.8 Å². The Labute approximate surface area is 189 Å². The van der Waals surface area contributed by atoms with Crippen molar-refractivity contribution in [2.24, 2.45) is 0 Å². The van der Waals surface area contributed by atoms with E-state index >= 15 is 0 Å². The first-order chi connectivity index (χ1) is 15.3. The number of likely N-dealkylation sites (tertiary alicyclic amines) is 1. The minimum atomic E-state index is -0.689. The van der Waals surface area contributed by atoms with Crippen molar-refractivity contribution in [1.82, 2.24) is 9.80 Å². The van der Waals surface area contributed by atoms with Crippen molar-refractivity contribution in [1.29, 1.82) is 0 Å². The van der Waals surface area contributed by atoms with Crippen LogP contribution in [0.25, 0.3) is 5.76 Å². The van der Waals surface area contributed by atoms with Crippen LogP contribution < -0.4 is 4.74 Å². The van der Waals surface area contributed by atoms with Crippen LogP contribution in [-0.2, 0) is 9.59 Å². The van der Waals surface area contributed by atoms with Crippen LogP contribution in [0.3, 0.4) is 0 Å². The highest BCUT2D eigenvalue weighted by atomic mass is 16.5. The Morgan fingerprint density at radius 3 is 2.56 bits per heavy atom. The Hall–Kier alpha value is -3.38. The quantitative estimate of drug-likeness (QED) is 0.280. The second kappa shape index (κ2) is 10.3. The Morgan fingerprint density at radius 1 is 1.19 bits per heavy atom. The molecule has 1 amide bonds. The molecule has 1 heterocycles. The Balaban J connectivity index is 2.08. The third kappa shape index (κ3) is 5.08. The number of ketones is 1. The van der Waals surface area contributed by atoms with E-state index in [9.17, 15) is 14.7 Å². The molecule has 2 aromatic carbocycles. The summed E-state index contributed by atoms with van der Waals surface area (Å²) in [6, 6.07) is 13.8. The summed E-state index contributed by atoms with van der Waals surface area (Å²) in [7, 11) is 3.92. The summed E-state index contributed by atoms with van der Waals surface area (Å²) >= 11 is 0. The van der Waals surface area contributed by atoms with E-state index in [1.807, 2.05) is 56.3 Å². The molecule has 6 nitrogen and oxygen atoms in total. The van der Waals surface area contributed by atoms with Gasteiger partial charge in [-0.3, -0.25) is 9.59 Å². The van der Waals surface area contributed by atoms with Crippen molar-refractivity contribution < 1.29 is 19.4 Å². The first-order valence-electron chi connectivity index (χ1n) is 10.7. The molecule has 0 aliphatic carbocycles. The largest absolute Gasteiger partial charge is 0.507 e. The van der Waals surface area contributed by atoms with Gasteiger partial charge < -0.3 is 19.6 Å². The molecule has 0 radical (unpaired) electrons. The zero-order chi connectivity index (χ0) is 23.3. The highest BCUT2D eigenvalue weighted by Gasteiger charge is 2.45. The van der Waals surface area contributed by atoms with Crippen LogP contribution in [0.15, 0.2) is 66.8 Å². The number of aliphatic hydroxyl groups excluding tert-OH is 1. The van der Waals surface area contributed by atoms with Crippen LogP contribution in [0, 0.1) is 6.92 Å². The molecular formula is C26H30N2O4. The van der Waals surface area contributed by atoms with Gasteiger partial charge in [-0.15, -0.1) is 0 Å². The van der Waals surface area contributed by atoms with Gasteiger partial charge >= 0.3 is 0 Å². The third-order valence-corrected chi connectivity index (χ3v) is 5.41. The van der Waals surface area contributed by atoms with E-state index in [0.717, 1.165) is 12.1 Å². The van der Waals surface area contributed by atoms with Gasteiger partial charge in [-0.1, -0.05) is 54.6 Å². The summed E-state index contributed by atoms with van der Waals surface area (Å²) < 4.78 is 5.66. The minimum Gasteiger partial charge on any atom is -0.507 e. The normalized spacial score (nSPS) is 17.8. The molecule has 1 aliphatic rings. The van der Waals surface area contributed by atoms with E-state index in [0.29, 0.717) is 36.4 Å². The number of hydrogen-bond donors (Lipinski definition) is 1. The maximum atomic E-state index is 13.1. The average molecular weight is 435 g/mol. The average Bonchev–Trinajstić information content (AvgIpc) is 3.02. The van der Waals surface area contributed by atoms with Gasteiger partial charge in [0, 0.05) is 12.1 Å². The summed E-state index contributed by atoms with van der Waals surface area (Å²) in [5, 5.41) is 11.1. The minimum absolute atomic E-state index is 0.101. The zero-order valence-corrected chi connectivity index (χ0v) is 18.9. The second-order valence-corrected chi connectivity index (χ2v) is 8.19. The van der Waals surface area contributed by atoms with Gasteiger partial charge in [0.05, 0.1) is 11.6 Å². The topological polar surface area (TPSA) is 70.1 Å². The second-order valence-electron chi connectivity index (χ2n) is 8.19. The maximum absolute atomic E-state index is 13.1. The highest BCUT2D eigenvalue weighted by molar-refractivity contribution is 6.46. The molecule has 32 heavy (non-hydrogen) atoms. The fourth-order valence-corrected chi connectivity index (χ4v) is 3.81. The monoisotopic (exact) mass is 434 g/mol. The molecule has 1 aliphatic heterocycles.